The molecule has 0 fully saturated rings. The summed E-state index contributed by atoms with van der Waals surface area (Å²) in [6.07, 6.45) is 3.90. The van der Waals surface area contributed by atoms with Crippen LogP contribution >= 0.6 is 0 Å². The normalized spacial score (nSPS) is 19.9. The van der Waals surface area contributed by atoms with Gasteiger partial charge in [-0.3, -0.25) is 0 Å². The molecule has 0 atom stereocenters. The maximum atomic E-state index is 4.24. The number of aryl methyl sites for hydroxylation is 1. The molecule has 0 unspecified atom stereocenters. The number of rotatable bonds is 1. The molecule has 0 bridgehead atoms. The lowest BCUT2D eigenvalue weighted by Gasteiger charge is -2.21. The van der Waals surface area contributed by atoms with Crippen molar-refractivity contribution in [2.45, 2.75) is 26.2 Å². The van der Waals surface area contributed by atoms with Crippen LogP contribution < -0.4 is 0 Å². The summed E-state index contributed by atoms with van der Waals surface area (Å²) in [6, 6.07) is 6.62. The molecule has 1 aliphatic carbocycles. The van der Waals surface area contributed by atoms with Gasteiger partial charge in [-0.05, 0) is 29.2 Å². The summed E-state index contributed by atoms with van der Waals surface area (Å²) in [5.41, 5.74) is 6.45. The van der Waals surface area contributed by atoms with Crippen molar-refractivity contribution in [3.63, 3.8) is 0 Å². The van der Waals surface area contributed by atoms with Crippen LogP contribution in [0.5, 0.6) is 0 Å². The summed E-state index contributed by atoms with van der Waals surface area (Å²) >= 11 is 0. The molecule has 1 aromatic carbocycles. The number of benzene rings is 1. The Hall–Kier alpha value is -1.56. The van der Waals surface area contributed by atoms with E-state index in [1.54, 1.807) is 0 Å². The van der Waals surface area contributed by atoms with Crippen molar-refractivity contribution in [2.24, 2.45) is 0 Å². The van der Waals surface area contributed by atoms with Crippen LogP contribution in [0.2, 0.25) is 0 Å². The quantitative estimate of drug-likeness (QED) is 0.644. The van der Waals surface area contributed by atoms with E-state index >= 15 is 0 Å². The molecule has 0 aromatic heterocycles. The highest BCUT2D eigenvalue weighted by molar-refractivity contribution is 5.89. The summed E-state index contributed by atoms with van der Waals surface area (Å²) in [5, 5.41) is 0. The summed E-state index contributed by atoms with van der Waals surface area (Å²) in [6.45, 7) is 14.6. The Labute approximate surface area is 98.0 Å². The average Bonchev–Trinajstić information content (AvgIpc) is 2.41. The molecule has 0 heteroatoms. The van der Waals surface area contributed by atoms with Gasteiger partial charge in [0.1, 0.15) is 0 Å². The monoisotopic (exact) mass is 210 g/mol. The Morgan fingerprint density at radius 3 is 2.56 bits per heavy atom. The summed E-state index contributed by atoms with van der Waals surface area (Å²) < 4.78 is 0. The van der Waals surface area contributed by atoms with E-state index in [4.69, 9.17) is 0 Å². The molecule has 0 N–H and O–H groups in total. The molecule has 0 spiro atoms. The van der Waals surface area contributed by atoms with Gasteiger partial charge in [0.05, 0.1) is 0 Å². The third-order valence-corrected chi connectivity index (χ3v) is 3.50. The van der Waals surface area contributed by atoms with Gasteiger partial charge in [-0.2, -0.15) is 0 Å². The zero-order chi connectivity index (χ0) is 11.9. The molecular formula is C16H18. The number of hydrogen-bond acceptors (Lipinski definition) is 0. The van der Waals surface area contributed by atoms with Gasteiger partial charge >= 0.3 is 0 Å². The van der Waals surface area contributed by atoms with Gasteiger partial charge in [0.15, 0.2) is 0 Å². The molecule has 0 amide bonds. The predicted octanol–water partition coefficient (Wildman–Crippen LogP) is 4.41. The predicted molar refractivity (Wildman–Crippen MR) is 71.5 cm³/mol. The van der Waals surface area contributed by atoms with Crippen molar-refractivity contribution in [2.75, 3.05) is 0 Å². The average molecular weight is 210 g/mol. The first-order valence-corrected chi connectivity index (χ1v) is 5.62. The van der Waals surface area contributed by atoms with E-state index in [1.165, 1.54) is 27.8 Å². The van der Waals surface area contributed by atoms with Crippen LogP contribution in [0.25, 0.3) is 5.57 Å². The van der Waals surface area contributed by atoms with E-state index < -0.39 is 0 Å². The second kappa shape index (κ2) is 3.48. The Bertz CT molecular complexity index is 499. The summed E-state index contributed by atoms with van der Waals surface area (Å²) in [5.74, 6) is 0. The van der Waals surface area contributed by atoms with Crippen LogP contribution in [0.15, 0.2) is 49.1 Å². The van der Waals surface area contributed by atoms with E-state index in [-0.39, 0.29) is 5.41 Å². The minimum Gasteiger partial charge on any atom is -0.0990 e. The molecule has 16 heavy (non-hydrogen) atoms. The van der Waals surface area contributed by atoms with Gasteiger partial charge < -0.3 is 0 Å². The number of fused-ring (bicyclic) bond motifs is 1. The molecule has 1 aliphatic rings. The Morgan fingerprint density at radius 2 is 1.94 bits per heavy atom. The van der Waals surface area contributed by atoms with Crippen molar-refractivity contribution in [3.8, 4) is 0 Å². The molecule has 0 saturated heterocycles. The van der Waals surface area contributed by atoms with E-state index in [9.17, 15) is 0 Å². The Morgan fingerprint density at radius 1 is 1.25 bits per heavy atom. The van der Waals surface area contributed by atoms with E-state index in [2.05, 4.69) is 58.2 Å². The second-order valence-electron chi connectivity index (χ2n) is 4.97. The first-order valence-electron chi connectivity index (χ1n) is 5.62. The van der Waals surface area contributed by atoms with Crippen molar-refractivity contribution in [1.82, 2.24) is 0 Å². The molecule has 0 radical (unpaired) electrons. The van der Waals surface area contributed by atoms with Crippen molar-refractivity contribution < 1.29 is 0 Å². The third-order valence-electron chi connectivity index (χ3n) is 3.50. The molecule has 82 valence electrons. The largest absolute Gasteiger partial charge is 0.0990 e. The fraction of sp³-hybridized carbons (Fsp3) is 0.250. The van der Waals surface area contributed by atoms with Gasteiger partial charge in [-0.1, -0.05) is 62.9 Å². The molecule has 0 nitrogen and oxygen atoms in total. The van der Waals surface area contributed by atoms with Gasteiger partial charge in [0, 0.05) is 5.41 Å². The maximum absolute atomic E-state index is 4.24. The molecule has 0 saturated carbocycles. The minimum absolute atomic E-state index is 0.0379. The van der Waals surface area contributed by atoms with Crippen LogP contribution in [0.4, 0.5) is 0 Å². The highest BCUT2D eigenvalue weighted by Gasteiger charge is 2.36. The molecular weight excluding hydrogens is 192 g/mol. The lowest BCUT2D eigenvalue weighted by molar-refractivity contribution is 0.662. The summed E-state index contributed by atoms with van der Waals surface area (Å²) in [7, 11) is 0. The fourth-order valence-electron chi connectivity index (χ4n) is 2.38. The zero-order valence-electron chi connectivity index (χ0n) is 10.3. The molecule has 0 aliphatic heterocycles. The molecule has 2 rings (SSSR count). The highest BCUT2D eigenvalue weighted by atomic mass is 14.4. The van der Waals surface area contributed by atoms with E-state index in [0.717, 1.165) is 0 Å². The van der Waals surface area contributed by atoms with Crippen LogP contribution in [0.3, 0.4) is 0 Å². The van der Waals surface area contributed by atoms with Crippen LogP contribution in [0.1, 0.15) is 30.5 Å². The zero-order valence-corrected chi connectivity index (χ0v) is 10.3. The van der Waals surface area contributed by atoms with Crippen molar-refractivity contribution in [3.05, 3.63) is 65.8 Å². The fourth-order valence-corrected chi connectivity index (χ4v) is 2.38. The lowest BCUT2D eigenvalue weighted by Crippen LogP contribution is -2.14. The SMILES string of the molecule is C=C/C=C1\C(=C)C(C)(C)c2cc(C)ccc21. The summed E-state index contributed by atoms with van der Waals surface area (Å²) in [4.78, 5) is 0. The van der Waals surface area contributed by atoms with Crippen molar-refractivity contribution in [1.29, 1.82) is 0 Å². The van der Waals surface area contributed by atoms with Crippen LogP contribution in [0, 0.1) is 6.92 Å². The molecule has 1 aromatic rings. The standard InChI is InChI=1S/C16H18/c1-6-7-13-12(3)16(4,5)15-10-11(2)8-9-14(13)15/h6-10H,1,3H2,2,4-5H3/b13-7+. The first kappa shape index (κ1) is 10.9. The van der Waals surface area contributed by atoms with Gasteiger partial charge in [0.25, 0.3) is 0 Å². The molecule has 0 heterocycles. The van der Waals surface area contributed by atoms with E-state index in [1.807, 2.05) is 6.08 Å². The van der Waals surface area contributed by atoms with Gasteiger partial charge in [-0.25, -0.2) is 0 Å². The topological polar surface area (TPSA) is 0 Å². The number of hydrogen-bond donors (Lipinski definition) is 0. The van der Waals surface area contributed by atoms with Gasteiger partial charge in [-0.15, -0.1) is 0 Å². The van der Waals surface area contributed by atoms with Gasteiger partial charge in [0.2, 0.25) is 0 Å². The highest BCUT2D eigenvalue weighted by Crippen LogP contribution is 2.48. The van der Waals surface area contributed by atoms with Crippen LogP contribution in [-0.2, 0) is 5.41 Å². The third kappa shape index (κ3) is 1.37. The Kier molecular flexibility index (Phi) is 2.38. The second-order valence-corrected chi connectivity index (χ2v) is 4.97. The van der Waals surface area contributed by atoms with Crippen molar-refractivity contribution >= 4 is 5.57 Å². The van der Waals surface area contributed by atoms with E-state index in [0.29, 0.717) is 0 Å². The maximum Gasteiger partial charge on any atom is 0.0153 e. The number of allylic oxidation sites excluding steroid dienone is 4. The smallest absolute Gasteiger partial charge is 0.0153 e. The Balaban J connectivity index is 2.74. The van der Waals surface area contributed by atoms with Crippen LogP contribution in [-0.4, -0.2) is 0 Å². The lowest BCUT2D eigenvalue weighted by atomic mass is 9.83. The minimum atomic E-state index is 0.0379. The first-order chi connectivity index (χ1) is 7.48.